The Morgan fingerprint density at radius 2 is 1.63 bits per heavy atom. The number of pyridine rings is 1. The van der Waals surface area contributed by atoms with Crippen LogP contribution in [0.3, 0.4) is 0 Å². The van der Waals surface area contributed by atoms with E-state index in [4.69, 9.17) is 0 Å². The van der Waals surface area contributed by atoms with Crippen LogP contribution in [0.1, 0.15) is 46.2 Å². The van der Waals surface area contributed by atoms with Gasteiger partial charge in [-0.05, 0) is 36.8 Å². The second-order valence-corrected chi connectivity index (χ2v) is 6.00. The molecule has 1 aromatic heterocycles. The van der Waals surface area contributed by atoms with E-state index in [9.17, 15) is 5.11 Å². The highest BCUT2D eigenvalue weighted by Crippen LogP contribution is 2.16. The molecule has 0 aliphatic carbocycles. The van der Waals surface area contributed by atoms with E-state index in [-0.39, 0.29) is 6.61 Å². The molecule has 0 aromatic carbocycles. The molecule has 0 aliphatic rings. The maximum atomic E-state index is 9.20. The van der Waals surface area contributed by atoms with E-state index in [2.05, 4.69) is 37.6 Å². The van der Waals surface area contributed by atoms with Gasteiger partial charge in [-0.15, -0.1) is 0 Å². The summed E-state index contributed by atoms with van der Waals surface area (Å²) in [5.41, 5.74) is 0.747. The zero-order valence-corrected chi connectivity index (χ0v) is 12.8. The van der Waals surface area contributed by atoms with E-state index < -0.39 is 0 Å². The second-order valence-electron chi connectivity index (χ2n) is 6.00. The molecule has 1 rings (SSSR count). The summed E-state index contributed by atoms with van der Waals surface area (Å²) in [5.74, 6) is 2.39. The van der Waals surface area contributed by atoms with Gasteiger partial charge in [-0.25, -0.2) is 4.98 Å². The largest absolute Gasteiger partial charge is 0.390 e. The van der Waals surface area contributed by atoms with Crippen LogP contribution in [0.5, 0.6) is 0 Å². The molecule has 0 saturated heterocycles. The van der Waals surface area contributed by atoms with Gasteiger partial charge in [-0.3, -0.25) is 0 Å². The Bertz CT molecular complexity index is 352. The highest BCUT2D eigenvalue weighted by molar-refractivity contribution is 5.39. The van der Waals surface area contributed by atoms with Crippen molar-refractivity contribution in [3.8, 4) is 0 Å². The van der Waals surface area contributed by atoms with Gasteiger partial charge in [0.15, 0.2) is 0 Å². The zero-order chi connectivity index (χ0) is 14.3. The number of aliphatic hydroxyl groups excluding tert-OH is 1. The average molecular weight is 264 g/mol. The number of anilines is 1. The third-order valence-electron chi connectivity index (χ3n) is 3.23. The molecule has 108 valence electrons. The average Bonchev–Trinajstić information content (AvgIpc) is 2.38. The first-order chi connectivity index (χ1) is 9.02. The molecule has 3 nitrogen and oxygen atoms in total. The van der Waals surface area contributed by atoms with E-state index in [1.807, 2.05) is 18.2 Å². The number of aromatic nitrogens is 1. The third-order valence-corrected chi connectivity index (χ3v) is 3.23. The number of aliphatic hydroxyl groups is 1. The second kappa shape index (κ2) is 8.16. The quantitative estimate of drug-likeness (QED) is 0.781. The van der Waals surface area contributed by atoms with Crippen LogP contribution >= 0.6 is 0 Å². The first kappa shape index (κ1) is 16.0. The van der Waals surface area contributed by atoms with Crippen molar-refractivity contribution in [2.24, 2.45) is 11.8 Å². The van der Waals surface area contributed by atoms with Crippen molar-refractivity contribution < 1.29 is 5.11 Å². The normalized spacial score (nSPS) is 11.3. The summed E-state index contributed by atoms with van der Waals surface area (Å²) in [7, 11) is 0. The monoisotopic (exact) mass is 264 g/mol. The van der Waals surface area contributed by atoms with Crippen molar-refractivity contribution in [3.63, 3.8) is 0 Å². The number of nitrogens with zero attached hydrogens (tertiary/aromatic N) is 2. The van der Waals surface area contributed by atoms with E-state index in [1.165, 1.54) is 12.8 Å². The fourth-order valence-corrected chi connectivity index (χ4v) is 1.90. The molecule has 0 spiro atoms. The van der Waals surface area contributed by atoms with Crippen LogP contribution in [0.2, 0.25) is 0 Å². The van der Waals surface area contributed by atoms with Gasteiger partial charge < -0.3 is 10.0 Å². The lowest BCUT2D eigenvalue weighted by atomic mass is 10.1. The van der Waals surface area contributed by atoms with Gasteiger partial charge in [0.25, 0.3) is 0 Å². The first-order valence-electron chi connectivity index (χ1n) is 7.34. The highest BCUT2D eigenvalue weighted by Gasteiger charge is 2.10. The number of hydrogen-bond acceptors (Lipinski definition) is 3. The van der Waals surface area contributed by atoms with Crippen LogP contribution in [0.4, 0.5) is 5.82 Å². The van der Waals surface area contributed by atoms with Crippen molar-refractivity contribution in [2.75, 3.05) is 18.0 Å². The molecule has 0 radical (unpaired) electrons. The van der Waals surface area contributed by atoms with Gasteiger partial charge in [-0.1, -0.05) is 33.8 Å². The standard InChI is InChI=1S/C16H28N2O/c1-13(2)8-10-18(11-9-14(3)4)16-7-5-6-15(12-19)17-16/h5-7,13-14,19H,8-12H2,1-4H3. The lowest BCUT2D eigenvalue weighted by molar-refractivity contribution is 0.277. The topological polar surface area (TPSA) is 36.4 Å². The molecule has 0 aliphatic heterocycles. The van der Waals surface area contributed by atoms with Crippen LogP contribution in [-0.4, -0.2) is 23.2 Å². The summed E-state index contributed by atoms with van der Waals surface area (Å²) in [5, 5.41) is 9.20. The van der Waals surface area contributed by atoms with Crippen molar-refractivity contribution in [1.82, 2.24) is 4.98 Å². The predicted molar refractivity (Wildman–Crippen MR) is 81.3 cm³/mol. The van der Waals surface area contributed by atoms with Crippen LogP contribution in [0.15, 0.2) is 18.2 Å². The molecule has 0 bridgehead atoms. The van der Waals surface area contributed by atoms with Crippen molar-refractivity contribution in [1.29, 1.82) is 0 Å². The van der Waals surface area contributed by atoms with Crippen molar-refractivity contribution in [3.05, 3.63) is 23.9 Å². The SMILES string of the molecule is CC(C)CCN(CCC(C)C)c1cccc(CO)n1. The molecule has 3 heteroatoms. The Labute approximate surface area is 117 Å². The number of hydrogen-bond donors (Lipinski definition) is 1. The van der Waals surface area contributed by atoms with Crippen LogP contribution in [0.25, 0.3) is 0 Å². The van der Waals surface area contributed by atoms with Gasteiger partial charge >= 0.3 is 0 Å². The molecule has 0 unspecified atom stereocenters. The lowest BCUT2D eigenvalue weighted by Crippen LogP contribution is -2.28. The molecular weight excluding hydrogens is 236 g/mol. The summed E-state index contributed by atoms with van der Waals surface area (Å²) >= 11 is 0. The first-order valence-corrected chi connectivity index (χ1v) is 7.34. The fourth-order valence-electron chi connectivity index (χ4n) is 1.90. The van der Waals surface area contributed by atoms with Gasteiger partial charge in [-0.2, -0.15) is 0 Å². The molecule has 19 heavy (non-hydrogen) atoms. The summed E-state index contributed by atoms with van der Waals surface area (Å²) in [6.45, 7) is 11.1. The van der Waals surface area contributed by atoms with Gasteiger partial charge in [0, 0.05) is 13.1 Å². The molecule has 0 atom stereocenters. The Morgan fingerprint density at radius 1 is 1.05 bits per heavy atom. The van der Waals surface area contributed by atoms with Crippen LogP contribution in [-0.2, 0) is 6.61 Å². The molecule has 1 N–H and O–H groups in total. The van der Waals surface area contributed by atoms with E-state index in [1.54, 1.807) is 0 Å². The molecule has 1 aromatic rings. The van der Waals surface area contributed by atoms with Crippen LogP contribution < -0.4 is 4.90 Å². The van der Waals surface area contributed by atoms with Gasteiger partial charge in [0.1, 0.15) is 5.82 Å². The predicted octanol–water partition coefficient (Wildman–Crippen LogP) is 3.47. The summed E-state index contributed by atoms with van der Waals surface area (Å²) in [6, 6.07) is 5.89. The van der Waals surface area contributed by atoms with E-state index in [0.29, 0.717) is 11.8 Å². The highest BCUT2D eigenvalue weighted by atomic mass is 16.3. The summed E-state index contributed by atoms with van der Waals surface area (Å²) in [6.07, 6.45) is 2.34. The fraction of sp³-hybridized carbons (Fsp3) is 0.688. The van der Waals surface area contributed by atoms with Crippen LogP contribution in [0, 0.1) is 11.8 Å². The maximum absolute atomic E-state index is 9.20. The van der Waals surface area contributed by atoms with E-state index in [0.717, 1.165) is 24.6 Å². The Morgan fingerprint density at radius 3 is 2.11 bits per heavy atom. The molecule has 1 heterocycles. The minimum absolute atomic E-state index is 0.00996. The van der Waals surface area contributed by atoms with E-state index >= 15 is 0 Å². The summed E-state index contributed by atoms with van der Waals surface area (Å²) in [4.78, 5) is 6.87. The van der Waals surface area contributed by atoms with Gasteiger partial charge in [0.2, 0.25) is 0 Å². The third kappa shape index (κ3) is 6.06. The molecule has 0 fully saturated rings. The summed E-state index contributed by atoms with van der Waals surface area (Å²) < 4.78 is 0. The molecular formula is C16H28N2O. The molecule has 0 amide bonds. The Kier molecular flexibility index (Phi) is 6.85. The smallest absolute Gasteiger partial charge is 0.128 e. The maximum Gasteiger partial charge on any atom is 0.128 e. The minimum Gasteiger partial charge on any atom is -0.390 e. The zero-order valence-electron chi connectivity index (χ0n) is 12.8. The van der Waals surface area contributed by atoms with Gasteiger partial charge in [0.05, 0.1) is 12.3 Å². The van der Waals surface area contributed by atoms with Crippen molar-refractivity contribution >= 4 is 5.82 Å². The minimum atomic E-state index is 0.00996. The Balaban J connectivity index is 2.74. The molecule has 0 saturated carbocycles. The number of rotatable bonds is 8. The lowest BCUT2D eigenvalue weighted by Gasteiger charge is -2.25. The Hall–Kier alpha value is -1.09. The van der Waals surface area contributed by atoms with Crippen molar-refractivity contribution in [2.45, 2.75) is 47.1 Å².